The van der Waals surface area contributed by atoms with Gasteiger partial charge in [0.15, 0.2) is 0 Å². The summed E-state index contributed by atoms with van der Waals surface area (Å²) < 4.78 is 0. The van der Waals surface area contributed by atoms with Crippen LogP contribution >= 0.6 is 23.4 Å². The van der Waals surface area contributed by atoms with Gasteiger partial charge in [-0.15, -0.1) is 11.8 Å². The normalized spacial score (nSPS) is 12.8. The maximum Gasteiger partial charge on any atom is 0.243 e. The Kier molecular flexibility index (Phi) is 10.4. The van der Waals surface area contributed by atoms with Gasteiger partial charge in [0.1, 0.15) is 6.04 Å². The quantitative estimate of drug-likeness (QED) is 0.427. The molecule has 2 aromatic rings. The Hall–Kier alpha value is -1.98. The monoisotopic (exact) mass is 460 g/mol. The number of rotatable bonds is 11. The lowest BCUT2D eigenvalue weighted by atomic mass is 10.1. The van der Waals surface area contributed by atoms with Gasteiger partial charge in [-0.2, -0.15) is 0 Å². The SMILES string of the molecule is CCC(C)NC(=O)C(CC)N(Cc1ccccc1Cl)C(=O)CCSc1ccc(C)cc1. The van der Waals surface area contributed by atoms with Crippen LogP contribution in [0.2, 0.25) is 5.02 Å². The number of aryl methyl sites for hydroxylation is 1. The van der Waals surface area contributed by atoms with E-state index in [-0.39, 0.29) is 17.9 Å². The molecule has 2 amide bonds. The average molecular weight is 461 g/mol. The molecule has 0 fully saturated rings. The third kappa shape index (κ3) is 7.89. The number of halogens is 1. The van der Waals surface area contributed by atoms with Crippen molar-refractivity contribution in [3.8, 4) is 0 Å². The van der Waals surface area contributed by atoms with Crippen molar-refractivity contribution in [2.45, 2.75) is 70.5 Å². The highest BCUT2D eigenvalue weighted by Crippen LogP contribution is 2.23. The molecular weight excluding hydrogens is 428 g/mol. The van der Waals surface area contributed by atoms with Crippen LogP contribution in [0.4, 0.5) is 0 Å². The molecule has 0 aliphatic heterocycles. The van der Waals surface area contributed by atoms with Gasteiger partial charge >= 0.3 is 0 Å². The summed E-state index contributed by atoms with van der Waals surface area (Å²) in [5.41, 5.74) is 2.06. The van der Waals surface area contributed by atoms with E-state index < -0.39 is 6.04 Å². The number of nitrogens with one attached hydrogen (secondary N) is 1. The number of nitrogens with zero attached hydrogens (tertiary/aromatic N) is 1. The van der Waals surface area contributed by atoms with Crippen LogP contribution < -0.4 is 5.32 Å². The Morgan fingerprint density at radius 3 is 2.35 bits per heavy atom. The first kappa shape index (κ1) is 25.3. The van der Waals surface area contributed by atoms with Crippen LogP contribution in [-0.4, -0.2) is 34.6 Å². The van der Waals surface area contributed by atoms with Gasteiger partial charge in [-0.25, -0.2) is 0 Å². The molecule has 2 aromatic carbocycles. The van der Waals surface area contributed by atoms with Gasteiger partial charge in [0, 0.05) is 34.7 Å². The van der Waals surface area contributed by atoms with Crippen LogP contribution in [0.25, 0.3) is 0 Å². The van der Waals surface area contributed by atoms with E-state index in [0.29, 0.717) is 30.2 Å². The Balaban J connectivity index is 2.14. The highest BCUT2D eigenvalue weighted by atomic mass is 35.5. The first-order valence-electron chi connectivity index (χ1n) is 10.9. The van der Waals surface area contributed by atoms with E-state index >= 15 is 0 Å². The lowest BCUT2D eigenvalue weighted by Crippen LogP contribution is -2.50. The molecule has 2 rings (SSSR count). The summed E-state index contributed by atoms with van der Waals surface area (Å²) in [6, 6.07) is 15.3. The molecule has 0 saturated carbocycles. The summed E-state index contributed by atoms with van der Waals surface area (Å²) in [6.45, 7) is 8.32. The largest absolute Gasteiger partial charge is 0.352 e. The third-order valence-corrected chi connectivity index (χ3v) is 6.67. The van der Waals surface area contributed by atoms with E-state index in [0.717, 1.165) is 16.9 Å². The first-order chi connectivity index (χ1) is 14.8. The van der Waals surface area contributed by atoms with Crippen molar-refractivity contribution in [2.75, 3.05) is 5.75 Å². The Labute approximate surface area is 195 Å². The topological polar surface area (TPSA) is 49.4 Å². The molecule has 0 aliphatic rings. The molecule has 0 radical (unpaired) electrons. The lowest BCUT2D eigenvalue weighted by molar-refractivity contribution is -0.141. The fourth-order valence-corrected chi connectivity index (χ4v) is 4.24. The zero-order chi connectivity index (χ0) is 22.8. The maximum atomic E-state index is 13.3. The van der Waals surface area contributed by atoms with E-state index in [1.807, 2.05) is 45.0 Å². The van der Waals surface area contributed by atoms with Crippen LogP contribution in [0.5, 0.6) is 0 Å². The van der Waals surface area contributed by atoms with E-state index in [1.165, 1.54) is 5.56 Å². The fourth-order valence-electron chi connectivity index (χ4n) is 3.21. The van der Waals surface area contributed by atoms with Crippen molar-refractivity contribution in [2.24, 2.45) is 0 Å². The van der Waals surface area contributed by atoms with Gasteiger partial charge < -0.3 is 10.2 Å². The zero-order valence-corrected chi connectivity index (χ0v) is 20.4. The Morgan fingerprint density at radius 2 is 1.74 bits per heavy atom. The van der Waals surface area contributed by atoms with Crippen LogP contribution in [-0.2, 0) is 16.1 Å². The number of carbonyl (C=O) groups excluding carboxylic acids is 2. The molecule has 0 aliphatic carbocycles. The number of hydrogen-bond acceptors (Lipinski definition) is 3. The summed E-state index contributed by atoms with van der Waals surface area (Å²) in [4.78, 5) is 29.0. The molecule has 0 aromatic heterocycles. The molecule has 2 unspecified atom stereocenters. The molecule has 4 nitrogen and oxygen atoms in total. The van der Waals surface area contributed by atoms with Gasteiger partial charge in [0.05, 0.1) is 0 Å². The van der Waals surface area contributed by atoms with Crippen molar-refractivity contribution < 1.29 is 9.59 Å². The zero-order valence-electron chi connectivity index (χ0n) is 18.9. The third-order valence-electron chi connectivity index (χ3n) is 5.29. The van der Waals surface area contributed by atoms with Crippen molar-refractivity contribution in [3.63, 3.8) is 0 Å². The Bertz CT molecular complexity index is 857. The first-order valence-corrected chi connectivity index (χ1v) is 12.2. The van der Waals surface area contributed by atoms with E-state index in [9.17, 15) is 9.59 Å². The van der Waals surface area contributed by atoms with Crippen molar-refractivity contribution in [1.29, 1.82) is 0 Å². The van der Waals surface area contributed by atoms with Crippen LogP contribution in [0, 0.1) is 6.92 Å². The molecule has 0 saturated heterocycles. The van der Waals surface area contributed by atoms with E-state index in [4.69, 9.17) is 11.6 Å². The van der Waals surface area contributed by atoms with Crippen LogP contribution in [0.15, 0.2) is 53.4 Å². The molecule has 0 heterocycles. The van der Waals surface area contributed by atoms with Crippen LogP contribution in [0.1, 0.15) is 51.2 Å². The number of benzene rings is 2. The number of hydrogen-bond donors (Lipinski definition) is 1. The van der Waals surface area contributed by atoms with Crippen molar-refractivity contribution in [1.82, 2.24) is 10.2 Å². The molecule has 2 atom stereocenters. The summed E-state index contributed by atoms with van der Waals surface area (Å²) in [7, 11) is 0. The molecule has 168 valence electrons. The molecule has 0 bridgehead atoms. The molecule has 0 spiro atoms. The maximum absolute atomic E-state index is 13.3. The number of amides is 2. The molecular formula is C25H33ClN2O2S. The fraction of sp³-hybridized carbons (Fsp3) is 0.440. The minimum atomic E-state index is -0.526. The summed E-state index contributed by atoms with van der Waals surface area (Å²) in [5, 5.41) is 3.64. The van der Waals surface area contributed by atoms with Crippen LogP contribution in [0.3, 0.4) is 0 Å². The van der Waals surface area contributed by atoms with Gasteiger partial charge in [-0.1, -0.05) is 61.3 Å². The smallest absolute Gasteiger partial charge is 0.243 e. The predicted octanol–water partition coefficient (Wildman–Crippen LogP) is 5.85. The molecule has 31 heavy (non-hydrogen) atoms. The van der Waals surface area contributed by atoms with Gasteiger partial charge in [0.2, 0.25) is 11.8 Å². The average Bonchev–Trinajstić information content (AvgIpc) is 2.76. The van der Waals surface area contributed by atoms with Crippen molar-refractivity contribution >= 4 is 35.2 Å². The lowest BCUT2D eigenvalue weighted by Gasteiger charge is -2.31. The minimum absolute atomic E-state index is 0.0364. The molecule has 6 heteroatoms. The van der Waals surface area contributed by atoms with Gasteiger partial charge in [0.25, 0.3) is 0 Å². The predicted molar refractivity (Wildman–Crippen MR) is 130 cm³/mol. The number of carbonyl (C=O) groups is 2. The standard InChI is InChI=1S/C25H33ClN2O2S/c1-5-19(4)27-25(30)23(6-2)28(17-20-9-7-8-10-22(20)26)24(29)15-16-31-21-13-11-18(3)12-14-21/h7-14,19,23H,5-6,15-17H2,1-4H3,(H,27,30). The second kappa shape index (κ2) is 12.8. The van der Waals surface area contributed by atoms with Crippen molar-refractivity contribution in [3.05, 3.63) is 64.7 Å². The summed E-state index contributed by atoms with van der Waals surface area (Å²) in [6.07, 6.45) is 1.74. The number of thioether (sulfide) groups is 1. The summed E-state index contributed by atoms with van der Waals surface area (Å²) in [5.74, 6) is 0.513. The second-order valence-corrected chi connectivity index (χ2v) is 9.34. The van der Waals surface area contributed by atoms with Gasteiger partial charge in [-0.3, -0.25) is 9.59 Å². The van der Waals surface area contributed by atoms with Gasteiger partial charge in [-0.05, 0) is 50.5 Å². The highest BCUT2D eigenvalue weighted by molar-refractivity contribution is 7.99. The van der Waals surface area contributed by atoms with E-state index in [1.54, 1.807) is 16.7 Å². The highest BCUT2D eigenvalue weighted by Gasteiger charge is 2.29. The Morgan fingerprint density at radius 1 is 1.06 bits per heavy atom. The summed E-state index contributed by atoms with van der Waals surface area (Å²) >= 11 is 8.01. The van der Waals surface area contributed by atoms with E-state index in [2.05, 4.69) is 36.5 Å². The second-order valence-electron chi connectivity index (χ2n) is 7.77. The minimum Gasteiger partial charge on any atom is -0.352 e. The molecule has 1 N–H and O–H groups in total.